The Morgan fingerprint density at radius 1 is 1.75 bits per heavy atom. The third kappa shape index (κ3) is 4.96. The van der Waals surface area contributed by atoms with E-state index >= 15 is 0 Å². The van der Waals surface area contributed by atoms with E-state index in [9.17, 15) is 4.79 Å². The maximum atomic E-state index is 11.5. The molecule has 1 amide bonds. The molecule has 0 aliphatic rings. The van der Waals surface area contributed by atoms with Crippen LogP contribution in [0.25, 0.3) is 0 Å². The Hall–Kier alpha value is -0.590. The zero-order chi connectivity index (χ0) is 12.0. The van der Waals surface area contributed by atoms with Gasteiger partial charge in [-0.25, -0.2) is 4.98 Å². The first-order chi connectivity index (χ1) is 7.61. The summed E-state index contributed by atoms with van der Waals surface area (Å²) in [6.45, 7) is 4.66. The normalized spacial score (nSPS) is 12.4. The van der Waals surface area contributed by atoms with E-state index in [0.717, 1.165) is 12.1 Å². The molecule has 1 heterocycles. The van der Waals surface area contributed by atoms with Crippen LogP contribution in [0.5, 0.6) is 0 Å². The van der Waals surface area contributed by atoms with Gasteiger partial charge in [0.15, 0.2) is 5.13 Å². The van der Waals surface area contributed by atoms with E-state index in [1.54, 1.807) is 11.8 Å². The molecule has 0 aliphatic heterocycles. The SMILES string of the molecule is Cc1csc(NC(=O)CSC(C)CCN)n1. The van der Waals surface area contributed by atoms with E-state index in [2.05, 4.69) is 17.2 Å². The lowest BCUT2D eigenvalue weighted by Crippen LogP contribution is -2.16. The highest BCUT2D eigenvalue weighted by molar-refractivity contribution is 8.00. The summed E-state index contributed by atoms with van der Waals surface area (Å²) in [5.74, 6) is 0.461. The van der Waals surface area contributed by atoms with Gasteiger partial charge >= 0.3 is 0 Å². The average molecular weight is 259 g/mol. The number of thiazole rings is 1. The molecule has 0 fully saturated rings. The van der Waals surface area contributed by atoms with Gasteiger partial charge < -0.3 is 11.1 Å². The van der Waals surface area contributed by atoms with Gasteiger partial charge in [0.25, 0.3) is 0 Å². The van der Waals surface area contributed by atoms with Crippen molar-refractivity contribution in [3.8, 4) is 0 Å². The standard InChI is InChI=1S/C10H17N3OS2/c1-7-5-16-10(12-7)13-9(14)6-15-8(2)3-4-11/h5,8H,3-4,6,11H2,1-2H3,(H,12,13,14). The summed E-state index contributed by atoms with van der Waals surface area (Å²) in [6, 6.07) is 0. The molecule has 0 aromatic carbocycles. The number of rotatable bonds is 6. The highest BCUT2D eigenvalue weighted by Crippen LogP contribution is 2.16. The molecule has 0 radical (unpaired) electrons. The zero-order valence-corrected chi connectivity index (χ0v) is 11.2. The van der Waals surface area contributed by atoms with Gasteiger partial charge in [-0.15, -0.1) is 23.1 Å². The monoisotopic (exact) mass is 259 g/mol. The Balaban J connectivity index is 2.26. The lowest BCUT2D eigenvalue weighted by atomic mass is 10.3. The van der Waals surface area contributed by atoms with E-state index in [1.807, 2.05) is 12.3 Å². The van der Waals surface area contributed by atoms with Crippen LogP contribution in [-0.4, -0.2) is 28.4 Å². The minimum Gasteiger partial charge on any atom is -0.330 e. The highest BCUT2D eigenvalue weighted by atomic mass is 32.2. The number of aromatic nitrogens is 1. The largest absolute Gasteiger partial charge is 0.330 e. The van der Waals surface area contributed by atoms with Crippen LogP contribution < -0.4 is 11.1 Å². The molecule has 1 unspecified atom stereocenters. The average Bonchev–Trinajstić information content (AvgIpc) is 2.61. The van der Waals surface area contributed by atoms with Gasteiger partial charge in [-0.05, 0) is 19.9 Å². The summed E-state index contributed by atoms with van der Waals surface area (Å²) in [4.78, 5) is 15.7. The number of anilines is 1. The number of nitrogens with one attached hydrogen (secondary N) is 1. The topological polar surface area (TPSA) is 68.0 Å². The second-order valence-electron chi connectivity index (χ2n) is 3.54. The Labute approximate surface area is 104 Å². The number of thioether (sulfide) groups is 1. The number of carbonyl (C=O) groups is 1. The van der Waals surface area contributed by atoms with Gasteiger partial charge in [0, 0.05) is 10.6 Å². The molecule has 0 saturated carbocycles. The molecule has 0 saturated heterocycles. The van der Waals surface area contributed by atoms with Crippen LogP contribution in [0.3, 0.4) is 0 Å². The number of nitrogens with zero attached hydrogens (tertiary/aromatic N) is 1. The second kappa shape index (κ2) is 6.88. The van der Waals surface area contributed by atoms with Crippen molar-refractivity contribution < 1.29 is 4.79 Å². The summed E-state index contributed by atoms with van der Waals surface area (Å²) in [5.41, 5.74) is 6.37. The maximum absolute atomic E-state index is 11.5. The number of carbonyl (C=O) groups excluding carboxylic acids is 1. The van der Waals surface area contributed by atoms with Gasteiger partial charge in [-0.1, -0.05) is 6.92 Å². The molecule has 1 atom stereocenters. The van der Waals surface area contributed by atoms with Gasteiger partial charge in [-0.2, -0.15) is 0 Å². The van der Waals surface area contributed by atoms with Crippen molar-refractivity contribution in [2.75, 3.05) is 17.6 Å². The highest BCUT2D eigenvalue weighted by Gasteiger charge is 2.08. The Morgan fingerprint density at radius 3 is 3.06 bits per heavy atom. The smallest absolute Gasteiger partial charge is 0.236 e. The van der Waals surface area contributed by atoms with Crippen LogP contribution in [0, 0.1) is 6.92 Å². The first-order valence-corrected chi connectivity index (χ1v) is 7.08. The Kier molecular flexibility index (Phi) is 5.79. The summed E-state index contributed by atoms with van der Waals surface area (Å²) in [7, 11) is 0. The molecular weight excluding hydrogens is 242 g/mol. The predicted octanol–water partition coefficient (Wildman–Crippen LogP) is 1.86. The van der Waals surface area contributed by atoms with Gasteiger partial charge in [0.1, 0.15) is 0 Å². The van der Waals surface area contributed by atoms with Crippen LogP contribution in [0.2, 0.25) is 0 Å². The lowest BCUT2D eigenvalue weighted by molar-refractivity contribution is -0.113. The number of hydrogen-bond acceptors (Lipinski definition) is 5. The first kappa shape index (κ1) is 13.5. The molecule has 0 spiro atoms. The molecule has 1 aromatic heterocycles. The number of nitrogens with two attached hydrogens (primary N) is 1. The van der Waals surface area contributed by atoms with Crippen LogP contribution in [0.4, 0.5) is 5.13 Å². The van der Waals surface area contributed by atoms with Gasteiger partial charge in [0.05, 0.1) is 11.4 Å². The quantitative estimate of drug-likeness (QED) is 0.818. The van der Waals surface area contributed by atoms with E-state index < -0.39 is 0 Å². The minimum absolute atomic E-state index is 0.00298. The van der Waals surface area contributed by atoms with Crippen LogP contribution >= 0.6 is 23.1 Å². The van der Waals surface area contributed by atoms with E-state index in [4.69, 9.17) is 5.73 Å². The maximum Gasteiger partial charge on any atom is 0.236 e. The zero-order valence-electron chi connectivity index (χ0n) is 9.53. The van der Waals surface area contributed by atoms with Crippen molar-refractivity contribution in [1.82, 2.24) is 4.98 Å². The molecule has 0 aliphatic carbocycles. The van der Waals surface area contributed by atoms with Crippen LogP contribution in [0.1, 0.15) is 19.0 Å². The summed E-state index contributed by atoms with van der Waals surface area (Å²) in [6.07, 6.45) is 0.939. The molecule has 16 heavy (non-hydrogen) atoms. The third-order valence-electron chi connectivity index (χ3n) is 1.94. The molecule has 3 N–H and O–H groups in total. The van der Waals surface area contributed by atoms with Crippen LogP contribution in [0.15, 0.2) is 5.38 Å². The van der Waals surface area contributed by atoms with Crippen LogP contribution in [-0.2, 0) is 4.79 Å². The fraction of sp³-hybridized carbons (Fsp3) is 0.600. The van der Waals surface area contributed by atoms with E-state index in [0.29, 0.717) is 22.7 Å². The molecule has 1 aromatic rings. The Bertz CT molecular complexity index is 341. The predicted molar refractivity (Wildman–Crippen MR) is 71.1 cm³/mol. The molecule has 6 heteroatoms. The number of amides is 1. The lowest BCUT2D eigenvalue weighted by Gasteiger charge is -2.08. The molecule has 4 nitrogen and oxygen atoms in total. The van der Waals surface area contributed by atoms with Crippen molar-refractivity contribution in [3.63, 3.8) is 0 Å². The molecule has 90 valence electrons. The number of aryl methyl sites for hydroxylation is 1. The van der Waals surface area contributed by atoms with Crippen molar-refractivity contribution in [3.05, 3.63) is 11.1 Å². The second-order valence-corrected chi connectivity index (χ2v) is 5.83. The number of hydrogen-bond donors (Lipinski definition) is 2. The molecule has 1 rings (SSSR count). The fourth-order valence-corrected chi connectivity index (χ4v) is 2.62. The summed E-state index contributed by atoms with van der Waals surface area (Å²) in [5, 5.41) is 5.79. The fourth-order valence-electron chi connectivity index (χ4n) is 1.10. The first-order valence-electron chi connectivity index (χ1n) is 5.15. The van der Waals surface area contributed by atoms with Crippen molar-refractivity contribution in [1.29, 1.82) is 0 Å². The summed E-state index contributed by atoms with van der Waals surface area (Å²) >= 11 is 3.07. The molecule has 0 bridgehead atoms. The van der Waals surface area contributed by atoms with Crippen molar-refractivity contribution in [2.45, 2.75) is 25.5 Å². The Morgan fingerprint density at radius 2 is 2.50 bits per heavy atom. The van der Waals surface area contributed by atoms with E-state index in [-0.39, 0.29) is 5.91 Å². The summed E-state index contributed by atoms with van der Waals surface area (Å²) < 4.78 is 0. The van der Waals surface area contributed by atoms with Crippen molar-refractivity contribution >= 4 is 34.1 Å². The minimum atomic E-state index is 0.00298. The van der Waals surface area contributed by atoms with E-state index in [1.165, 1.54) is 11.3 Å². The third-order valence-corrected chi connectivity index (χ3v) is 4.05. The van der Waals surface area contributed by atoms with Gasteiger partial charge in [-0.3, -0.25) is 4.79 Å². The van der Waals surface area contributed by atoms with Crippen molar-refractivity contribution in [2.24, 2.45) is 5.73 Å². The van der Waals surface area contributed by atoms with Gasteiger partial charge in [0.2, 0.25) is 5.91 Å². The molecular formula is C10H17N3OS2.